The van der Waals surface area contributed by atoms with E-state index < -0.39 is 0 Å². The van der Waals surface area contributed by atoms with E-state index in [-0.39, 0.29) is 17.7 Å². The summed E-state index contributed by atoms with van der Waals surface area (Å²) in [7, 11) is 0. The van der Waals surface area contributed by atoms with Crippen molar-refractivity contribution < 1.29 is 9.21 Å². The maximum atomic E-state index is 12.4. The summed E-state index contributed by atoms with van der Waals surface area (Å²) in [6, 6.07) is 10.0. The van der Waals surface area contributed by atoms with E-state index in [1.165, 1.54) is 23.1 Å². The molecule has 0 aliphatic heterocycles. The third-order valence-corrected chi connectivity index (χ3v) is 5.82. The Hall–Kier alpha value is -2.19. The lowest BCUT2D eigenvalue weighted by atomic mass is 10.0. The maximum Gasteiger partial charge on any atom is 0.277 e. The number of carbonyl (C=O) groups is 1. The van der Waals surface area contributed by atoms with Crippen LogP contribution in [-0.4, -0.2) is 26.8 Å². The molecular weight excluding hydrogens is 380 g/mol. The van der Waals surface area contributed by atoms with Crippen LogP contribution < -0.4 is 5.32 Å². The quantitative estimate of drug-likeness (QED) is 0.556. The molecule has 0 bridgehead atoms. The van der Waals surface area contributed by atoms with Crippen molar-refractivity contribution in [2.45, 2.75) is 44.9 Å². The van der Waals surface area contributed by atoms with Crippen LogP contribution in [0, 0.1) is 13.8 Å². The fourth-order valence-corrected chi connectivity index (χ4v) is 4.16. The number of hydrogen-bond donors (Lipinski definition) is 1. The largest absolute Gasteiger partial charge is 0.410 e. The van der Waals surface area contributed by atoms with Crippen molar-refractivity contribution >= 4 is 29.0 Å². The van der Waals surface area contributed by atoms with E-state index in [2.05, 4.69) is 27.4 Å². The van der Waals surface area contributed by atoms with Crippen molar-refractivity contribution in [2.24, 2.45) is 0 Å². The van der Waals surface area contributed by atoms with Crippen LogP contribution in [-0.2, 0) is 4.79 Å². The smallest absolute Gasteiger partial charge is 0.277 e. The van der Waals surface area contributed by atoms with Gasteiger partial charge < -0.3 is 9.73 Å². The van der Waals surface area contributed by atoms with E-state index in [1.807, 2.05) is 44.2 Å². The first-order valence-corrected chi connectivity index (χ1v) is 10.6. The average molecular weight is 403 g/mol. The number of carbonyl (C=O) groups excluding carboxylic acids is 1. The number of amides is 1. The molecule has 27 heavy (non-hydrogen) atoms. The number of nitrogens with one attached hydrogen (secondary N) is 1. The maximum absolute atomic E-state index is 12.4. The van der Waals surface area contributed by atoms with Crippen LogP contribution >= 0.6 is 23.1 Å². The summed E-state index contributed by atoms with van der Waals surface area (Å²) < 4.78 is 5.68. The topological polar surface area (TPSA) is 80.9 Å². The van der Waals surface area contributed by atoms with Crippen LogP contribution in [0.5, 0.6) is 0 Å². The van der Waals surface area contributed by atoms with Crippen molar-refractivity contribution in [3.8, 4) is 10.8 Å². The molecule has 2 aromatic heterocycles. The molecule has 0 saturated heterocycles. The van der Waals surface area contributed by atoms with Gasteiger partial charge in [0.15, 0.2) is 0 Å². The van der Waals surface area contributed by atoms with Gasteiger partial charge in [-0.25, -0.2) is 4.98 Å². The molecule has 6 nitrogen and oxygen atoms in total. The minimum absolute atomic E-state index is 0.0189. The van der Waals surface area contributed by atoms with E-state index >= 15 is 0 Å². The van der Waals surface area contributed by atoms with Crippen LogP contribution in [0.15, 0.2) is 40.0 Å². The van der Waals surface area contributed by atoms with E-state index in [4.69, 9.17) is 4.42 Å². The highest BCUT2D eigenvalue weighted by atomic mass is 32.2. The van der Waals surface area contributed by atoms with E-state index in [9.17, 15) is 4.79 Å². The van der Waals surface area contributed by atoms with Gasteiger partial charge >= 0.3 is 0 Å². The third kappa shape index (κ3) is 5.17. The summed E-state index contributed by atoms with van der Waals surface area (Å²) >= 11 is 2.76. The molecule has 8 heteroatoms. The van der Waals surface area contributed by atoms with Crippen molar-refractivity contribution in [3.05, 3.63) is 46.6 Å². The molecule has 1 amide bonds. The standard InChI is InChI=1S/C19H22N4O2S2/c1-4-8-15(14-9-6-5-7-10-14)21-16(24)11-26-19-23-22-18(25-19)17-12(2)20-13(3)27-17/h5-7,9-10,15H,4,8,11H2,1-3H3,(H,21,24). The van der Waals surface area contributed by atoms with E-state index in [0.717, 1.165) is 34.0 Å². The number of aromatic nitrogens is 3. The van der Waals surface area contributed by atoms with Gasteiger partial charge in [-0.2, -0.15) is 0 Å². The SMILES string of the molecule is CCCC(NC(=O)CSc1nnc(-c2sc(C)nc2C)o1)c1ccccc1. The molecule has 2 heterocycles. The molecule has 1 N–H and O–H groups in total. The van der Waals surface area contributed by atoms with Crippen LogP contribution in [0.2, 0.25) is 0 Å². The molecule has 0 spiro atoms. The van der Waals surface area contributed by atoms with Crippen molar-refractivity contribution in [3.63, 3.8) is 0 Å². The van der Waals surface area contributed by atoms with Crippen LogP contribution in [0.1, 0.15) is 42.1 Å². The first kappa shape index (κ1) is 19.6. The molecule has 142 valence electrons. The van der Waals surface area contributed by atoms with Gasteiger partial charge in [-0.05, 0) is 25.8 Å². The van der Waals surface area contributed by atoms with Gasteiger partial charge in [-0.3, -0.25) is 4.79 Å². The second-order valence-electron chi connectivity index (χ2n) is 6.13. The lowest BCUT2D eigenvalue weighted by Crippen LogP contribution is -2.29. The monoisotopic (exact) mass is 402 g/mol. The van der Waals surface area contributed by atoms with Gasteiger partial charge in [0.25, 0.3) is 11.1 Å². The molecule has 0 saturated carbocycles. The summed E-state index contributed by atoms with van der Waals surface area (Å²) in [6.07, 6.45) is 1.89. The van der Waals surface area contributed by atoms with Crippen molar-refractivity contribution in [1.82, 2.24) is 20.5 Å². The second kappa shape index (κ2) is 9.14. The van der Waals surface area contributed by atoms with Gasteiger partial charge in [0, 0.05) is 0 Å². The Morgan fingerprint density at radius 1 is 1.26 bits per heavy atom. The number of hydrogen-bond acceptors (Lipinski definition) is 7. The van der Waals surface area contributed by atoms with Gasteiger partial charge in [-0.1, -0.05) is 55.4 Å². The van der Waals surface area contributed by atoms with Gasteiger partial charge in [0.2, 0.25) is 5.91 Å². The van der Waals surface area contributed by atoms with Gasteiger partial charge in [-0.15, -0.1) is 21.5 Å². The minimum Gasteiger partial charge on any atom is -0.410 e. The Labute approximate surface area is 166 Å². The lowest BCUT2D eigenvalue weighted by Gasteiger charge is -2.18. The summed E-state index contributed by atoms with van der Waals surface area (Å²) in [5, 5.41) is 12.6. The zero-order valence-electron chi connectivity index (χ0n) is 15.6. The molecule has 1 unspecified atom stereocenters. The Morgan fingerprint density at radius 3 is 2.70 bits per heavy atom. The average Bonchev–Trinajstić information content (AvgIpc) is 3.26. The fraction of sp³-hybridized carbons (Fsp3) is 0.368. The highest BCUT2D eigenvalue weighted by Crippen LogP contribution is 2.30. The van der Waals surface area contributed by atoms with Crippen LogP contribution in [0.3, 0.4) is 0 Å². The number of benzene rings is 1. The molecule has 1 aromatic carbocycles. The van der Waals surface area contributed by atoms with Crippen LogP contribution in [0.25, 0.3) is 10.8 Å². The van der Waals surface area contributed by atoms with Gasteiger partial charge in [0.1, 0.15) is 4.88 Å². The number of aryl methyl sites for hydroxylation is 2. The molecule has 0 fully saturated rings. The number of nitrogens with zero attached hydrogens (tertiary/aromatic N) is 3. The van der Waals surface area contributed by atoms with E-state index in [1.54, 1.807) is 0 Å². The van der Waals surface area contributed by atoms with E-state index in [0.29, 0.717) is 11.1 Å². The summed E-state index contributed by atoms with van der Waals surface area (Å²) in [6.45, 7) is 5.97. The van der Waals surface area contributed by atoms with Crippen molar-refractivity contribution in [2.75, 3.05) is 5.75 Å². The zero-order chi connectivity index (χ0) is 19.2. The first-order valence-electron chi connectivity index (χ1n) is 8.81. The summed E-state index contributed by atoms with van der Waals surface area (Å²) in [5.74, 6) is 0.635. The fourth-order valence-electron chi connectivity index (χ4n) is 2.75. The highest BCUT2D eigenvalue weighted by molar-refractivity contribution is 7.99. The zero-order valence-corrected chi connectivity index (χ0v) is 17.2. The van der Waals surface area contributed by atoms with Crippen LogP contribution in [0.4, 0.5) is 0 Å². The highest BCUT2D eigenvalue weighted by Gasteiger charge is 2.17. The molecule has 0 radical (unpaired) electrons. The molecule has 3 aromatic rings. The first-order chi connectivity index (χ1) is 13.1. The Balaban J connectivity index is 1.58. The Bertz CT molecular complexity index is 892. The molecule has 1 atom stereocenters. The number of thiazole rings is 1. The predicted molar refractivity (Wildman–Crippen MR) is 108 cm³/mol. The summed E-state index contributed by atoms with van der Waals surface area (Å²) in [5.41, 5.74) is 1.99. The molecule has 0 aliphatic carbocycles. The Kier molecular flexibility index (Phi) is 6.63. The van der Waals surface area contributed by atoms with Gasteiger partial charge in [0.05, 0.1) is 22.5 Å². The third-order valence-electron chi connectivity index (χ3n) is 3.95. The molecule has 0 aliphatic rings. The normalized spacial score (nSPS) is 12.1. The second-order valence-corrected chi connectivity index (χ2v) is 8.26. The minimum atomic E-state index is -0.0492. The molecular formula is C19H22N4O2S2. The number of thioether (sulfide) groups is 1. The Morgan fingerprint density at radius 2 is 2.04 bits per heavy atom. The number of rotatable bonds is 8. The predicted octanol–water partition coefficient (Wildman–Crippen LogP) is 4.56. The summed E-state index contributed by atoms with van der Waals surface area (Å²) in [4.78, 5) is 17.6. The lowest BCUT2D eigenvalue weighted by molar-refractivity contribution is -0.119. The van der Waals surface area contributed by atoms with Crippen molar-refractivity contribution in [1.29, 1.82) is 0 Å². The molecule has 3 rings (SSSR count).